The van der Waals surface area contributed by atoms with Crippen molar-refractivity contribution in [2.24, 2.45) is 7.05 Å². The van der Waals surface area contributed by atoms with E-state index in [2.05, 4.69) is 26.0 Å². The number of alkyl halides is 3. The number of carbonyl (C=O) groups excluding carboxylic acids is 1. The second-order valence-electron chi connectivity index (χ2n) is 4.50. The molecule has 0 amide bonds. The Bertz CT molecular complexity index is 677. The molecule has 0 saturated carbocycles. The number of halogens is 4. The zero-order valence-corrected chi connectivity index (χ0v) is 12.8. The molecule has 0 saturated heterocycles. The van der Waals surface area contributed by atoms with E-state index in [9.17, 15) is 18.0 Å². The van der Waals surface area contributed by atoms with E-state index in [1.165, 1.54) is 0 Å². The van der Waals surface area contributed by atoms with Crippen molar-refractivity contribution in [3.05, 3.63) is 45.4 Å². The Morgan fingerprint density at radius 2 is 2.05 bits per heavy atom. The minimum absolute atomic E-state index is 0.00578. The van der Waals surface area contributed by atoms with Gasteiger partial charge in [-0.1, -0.05) is 0 Å². The third kappa shape index (κ3) is 3.31. The number of aromatic nitrogens is 3. The SMILES string of the molecule is Cc1nn(C)c(CC(=O)c2ccc(C(F)(F)F)cn2)c1Br. The van der Waals surface area contributed by atoms with E-state index in [0.717, 1.165) is 17.8 Å². The molecule has 21 heavy (non-hydrogen) atoms. The Labute approximate surface area is 127 Å². The molecule has 0 N–H and O–H groups in total. The van der Waals surface area contributed by atoms with Gasteiger partial charge in [-0.15, -0.1) is 0 Å². The molecule has 0 unspecified atom stereocenters. The van der Waals surface area contributed by atoms with E-state index < -0.39 is 11.7 Å². The number of pyridine rings is 1. The first-order valence-corrected chi connectivity index (χ1v) is 6.74. The number of Topliss-reactive ketones (excluding diaryl/α,β-unsaturated/α-hetero) is 1. The highest BCUT2D eigenvalue weighted by Gasteiger charge is 2.31. The molecular weight excluding hydrogens is 351 g/mol. The molecule has 0 radical (unpaired) electrons. The van der Waals surface area contributed by atoms with Crippen molar-refractivity contribution in [2.45, 2.75) is 19.5 Å². The van der Waals surface area contributed by atoms with Gasteiger partial charge in [0.15, 0.2) is 5.78 Å². The van der Waals surface area contributed by atoms with Crippen LogP contribution in [0.15, 0.2) is 22.8 Å². The summed E-state index contributed by atoms with van der Waals surface area (Å²) in [5.41, 5.74) is 0.505. The molecule has 2 aromatic heterocycles. The summed E-state index contributed by atoms with van der Waals surface area (Å²) < 4.78 is 39.6. The van der Waals surface area contributed by atoms with E-state index in [1.54, 1.807) is 18.7 Å². The summed E-state index contributed by atoms with van der Waals surface area (Å²) in [5.74, 6) is -0.368. The lowest BCUT2D eigenvalue weighted by Gasteiger charge is -2.07. The van der Waals surface area contributed by atoms with E-state index in [0.29, 0.717) is 16.4 Å². The second kappa shape index (κ2) is 5.59. The van der Waals surface area contributed by atoms with Crippen LogP contribution >= 0.6 is 15.9 Å². The predicted octanol–water partition coefficient (Wildman–Crippen LogP) is 3.33. The Balaban J connectivity index is 2.21. The van der Waals surface area contributed by atoms with Crippen LogP contribution in [0.1, 0.15) is 27.4 Å². The zero-order valence-electron chi connectivity index (χ0n) is 11.2. The molecule has 2 heterocycles. The average molecular weight is 362 g/mol. The maximum Gasteiger partial charge on any atom is 0.417 e. The highest BCUT2D eigenvalue weighted by Crippen LogP contribution is 2.28. The van der Waals surface area contributed by atoms with Crippen molar-refractivity contribution < 1.29 is 18.0 Å². The monoisotopic (exact) mass is 361 g/mol. The molecule has 4 nitrogen and oxygen atoms in total. The molecule has 0 aliphatic rings. The molecule has 112 valence electrons. The van der Waals surface area contributed by atoms with Gasteiger partial charge in [-0.05, 0) is 35.0 Å². The molecule has 8 heteroatoms. The lowest BCUT2D eigenvalue weighted by atomic mass is 10.1. The van der Waals surface area contributed by atoms with E-state index in [1.807, 2.05) is 0 Å². The lowest BCUT2D eigenvalue weighted by Crippen LogP contribution is -2.11. The number of rotatable bonds is 3. The Kier molecular flexibility index (Phi) is 4.18. The van der Waals surface area contributed by atoms with Crippen LogP contribution in [-0.2, 0) is 19.6 Å². The molecule has 2 aromatic rings. The van der Waals surface area contributed by atoms with Crippen LogP contribution in [0.3, 0.4) is 0 Å². The fourth-order valence-corrected chi connectivity index (χ4v) is 2.32. The maximum atomic E-state index is 12.4. The van der Waals surface area contributed by atoms with Gasteiger partial charge in [0.25, 0.3) is 0 Å². The molecule has 0 aliphatic heterocycles. The smallest absolute Gasteiger partial charge is 0.292 e. The molecule has 2 rings (SSSR count). The van der Waals surface area contributed by atoms with E-state index in [-0.39, 0.29) is 17.9 Å². The first-order valence-electron chi connectivity index (χ1n) is 5.94. The topological polar surface area (TPSA) is 47.8 Å². The fourth-order valence-electron chi connectivity index (χ4n) is 1.84. The van der Waals surface area contributed by atoms with Gasteiger partial charge in [0.1, 0.15) is 5.69 Å². The zero-order chi connectivity index (χ0) is 15.8. The summed E-state index contributed by atoms with van der Waals surface area (Å²) in [6.07, 6.45) is -3.79. The standard InChI is InChI=1S/C13H11BrF3N3O/c1-7-12(14)10(20(2)19-7)5-11(21)9-4-3-8(6-18-9)13(15,16)17/h3-4,6H,5H2,1-2H3. The lowest BCUT2D eigenvalue weighted by molar-refractivity contribution is -0.137. The van der Waals surface area contributed by atoms with Crippen LogP contribution in [0.2, 0.25) is 0 Å². The van der Waals surface area contributed by atoms with Crippen LogP contribution in [0.4, 0.5) is 13.2 Å². The van der Waals surface area contributed by atoms with Gasteiger partial charge in [0.05, 0.1) is 27.8 Å². The van der Waals surface area contributed by atoms with Gasteiger partial charge in [-0.3, -0.25) is 14.5 Å². The molecule has 0 fully saturated rings. The van der Waals surface area contributed by atoms with Gasteiger partial charge in [0, 0.05) is 13.2 Å². The highest BCUT2D eigenvalue weighted by molar-refractivity contribution is 9.10. The minimum atomic E-state index is -4.46. The molecule has 0 aromatic carbocycles. The Morgan fingerprint density at radius 3 is 2.48 bits per heavy atom. The Hall–Kier alpha value is -1.70. The molecule has 0 bridgehead atoms. The fraction of sp³-hybridized carbons (Fsp3) is 0.308. The Morgan fingerprint density at radius 1 is 1.38 bits per heavy atom. The molecule has 0 aliphatic carbocycles. The van der Waals surface area contributed by atoms with Crippen molar-refractivity contribution >= 4 is 21.7 Å². The number of hydrogen-bond donors (Lipinski definition) is 0. The van der Waals surface area contributed by atoms with Gasteiger partial charge in [0.2, 0.25) is 0 Å². The number of nitrogens with zero attached hydrogens (tertiary/aromatic N) is 3. The van der Waals surface area contributed by atoms with Crippen molar-refractivity contribution in [3.8, 4) is 0 Å². The molecule has 0 spiro atoms. The van der Waals surface area contributed by atoms with Crippen LogP contribution in [-0.4, -0.2) is 20.5 Å². The van der Waals surface area contributed by atoms with Crippen molar-refractivity contribution in [2.75, 3.05) is 0 Å². The summed E-state index contributed by atoms with van der Waals surface area (Å²) in [4.78, 5) is 15.7. The van der Waals surface area contributed by atoms with Crippen LogP contribution in [0.25, 0.3) is 0 Å². The highest BCUT2D eigenvalue weighted by atomic mass is 79.9. The van der Waals surface area contributed by atoms with E-state index >= 15 is 0 Å². The minimum Gasteiger partial charge on any atom is -0.292 e. The molecular formula is C13H11BrF3N3O. The summed E-state index contributed by atoms with van der Waals surface area (Å²) >= 11 is 3.34. The summed E-state index contributed by atoms with van der Waals surface area (Å²) in [7, 11) is 1.69. The van der Waals surface area contributed by atoms with Gasteiger partial charge >= 0.3 is 6.18 Å². The summed E-state index contributed by atoms with van der Waals surface area (Å²) in [5, 5.41) is 4.15. The average Bonchev–Trinajstić information content (AvgIpc) is 2.64. The maximum absolute atomic E-state index is 12.4. The normalized spacial score (nSPS) is 11.7. The third-order valence-corrected chi connectivity index (χ3v) is 4.00. The van der Waals surface area contributed by atoms with E-state index in [4.69, 9.17) is 0 Å². The van der Waals surface area contributed by atoms with Crippen LogP contribution in [0, 0.1) is 6.92 Å². The summed E-state index contributed by atoms with van der Waals surface area (Å²) in [6, 6.07) is 1.94. The van der Waals surface area contributed by atoms with Crippen LogP contribution < -0.4 is 0 Å². The number of carbonyl (C=O) groups is 1. The van der Waals surface area contributed by atoms with Gasteiger partial charge < -0.3 is 0 Å². The quantitative estimate of drug-likeness (QED) is 0.787. The van der Waals surface area contributed by atoms with Gasteiger partial charge in [-0.2, -0.15) is 18.3 Å². The number of hydrogen-bond acceptors (Lipinski definition) is 3. The molecule has 0 atom stereocenters. The van der Waals surface area contributed by atoms with Gasteiger partial charge in [-0.25, -0.2) is 0 Å². The van der Waals surface area contributed by atoms with Crippen LogP contribution in [0.5, 0.6) is 0 Å². The number of ketones is 1. The van der Waals surface area contributed by atoms with Crippen molar-refractivity contribution in [1.82, 2.24) is 14.8 Å². The van der Waals surface area contributed by atoms with Crippen molar-refractivity contribution in [3.63, 3.8) is 0 Å². The second-order valence-corrected chi connectivity index (χ2v) is 5.29. The summed E-state index contributed by atoms with van der Waals surface area (Å²) in [6.45, 7) is 1.79. The van der Waals surface area contributed by atoms with Crippen molar-refractivity contribution in [1.29, 1.82) is 0 Å². The largest absolute Gasteiger partial charge is 0.417 e. The number of aryl methyl sites for hydroxylation is 2. The predicted molar refractivity (Wildman–Crippen MR) is 72.9 cm³/mol. The first kappa shape index (κ1) is 15.7. The first-order chi connectivity index (χ1) is 9.70. The third-order valence-electron chi connectivity index (χ3n) is 2.97.